The Bertz CT molecular complexity index is 424. The zero-order valence-corrected chi connectivity index (χ0v) is 12.2. The SMILES string of the molecule is CC1(c2ccccc2)CNCCN1CCSC(F)(F)F. The summed E-state index contributed by atoms with van der Waals surface area (Å²) in [6.45, 7) is 4.88. The van der Waals surface area contributed by atoms with Gasteiger partial charge in [-0.3, -0.25) is 4.90 Å². The average Bonchev–Trinajstić information content (AvgIpc) is 2.41. The molecular formula is C14H19F3N2S. The molecule has 1 aromatic carbocycles. The van der Waals surface area contributed by atoms with Gasteiger partial charge in [0, 0.05) is 31.9 Å². The summed E-state index contributed by atoms with van der Waals surface area (Å²) in [6, 6.07) is 9.97. The van der Waals surface area contributed by atoms with Gasteiger partial charge < -0.3 is 5.32 Å². The molecule has 0 aliphatic carbocycles. The van der Waals surface area contributed by atoms with Gasteiger partial charge in [-0.1, -0.05) is 30.3 Å². The molecule has 1 saturated heterocycles. The first kappa shape index (κ1) is 15.7. The molecule has 112 valence electrons. The summed E-state index contributed by atoms with van der Waals surface area (Å²) >= 11 is 0.0611. The van der Waals surface area contributed by atoms with Crippen LogP contribution < -0.4 is 5.32 Å². The zero-order valence-electron chi connectivity index (χ0n) is 11.4. The molecule has 1 unspecified atom stereocenters. The molecule has 1 atom stereocenters. The van der Waals surface area contributed by atoms with Crippen molar-refractivity contribution in [2.24, 2.45) is 0 Å². The molecule has 1 heterocycles. The van der Waals surface area contributed by atoms with Crippen molar-refractivity contribution in [1.29, 1.82) is 0 Å². The molecule has 2 nitrogen and oxygen atoms in total. The van der Waals surface area contributed by atoms with Crippen LogP contribution in [0.2, 0.25) is 0 Å². The topological polar surface area (TPSA) is 15.3 Å². The van der Waals surface area contributed by atoms with Crippen LogP contribution in [0.3, 0.4) is 0 Å². The maximum absolute atomic E-state index is 12.3. The van der Waals surface area contributed by atoms with Gasteiger partial charge in [0.2, 0.25) is 0 Å². The number of nitrogens with one attached hydrogen (secondary N) is 1. The monoisotopic (exact) mass is 304 g/mol. The summed E-state index contributed by atoms with van der Waals surface area (Å²) in [7, 11) is 0. The van der Waals surface area contributed by atoms with E-state index in [2.05, 4.69) is 17.1 Å². The normalized spacial score (nSPS) is 24.8. The minimum atomic E-state index is -4.14. The van der Waals surface area contributed by atoms with Crippen LogP contribution in [-0.4, -0.2) is 42.3 Å². The lowest BCUT2D eigenvalue weighted by molar-refractivity contribution is -0.0331. The molecule has 0 aromatic heterocycles. The van der Waals surface area contributed by atoms with E-state index in [0.29, 0.717) is 6.54 Å². The van der Waals surface area contributed by atoms with Crippen LogP contribution in [0.25, 0.3) is 0 Å². The largest absolute Gasteiger partial charge is 0.441 e. The molecule has 1 aromatic rings. The molecule has 6 heteroatoms. The third-order valence-corrected chi connectivity index (χ3v) is 4.46. The smallest absolute Gasteiger partial charge is 0.313 e. The second-order valence-corrected chi connectivity index (χ2v) is 6.26. The van der Waals surface area contributed by atoms with Gasteiger partial charge in [0.1, 0.15) is 0 Å². The highest BCUT2D eigenvalue weighted by atomic mass is 32.2. The van der Waals surface area contributed by atoms with Gasteiger partial charge in [-0.05, 0) is 24.2 Å². The van der Waals surface area contributed by atoms with Crippen molar-refractivity contribution in [3.8, 4) is 0 Å². The molecule has 0 amide bonds. The quantitative estimate of drug-likeness (QED) is 0.920. The maximum Gasteiger partial charge on any atom is 0.441 e. The van der Waals surface area contributed by atoms with E-state index in [4.69, 9.17) is 0 Å². The first-order chi connectivity index (χ1) is 9.42. The highest BCUT2D eigenvalue weighted by molar-refractivity contribution is 8.00. The number of hydrogen-bond donors (Lipinski definition) is 1. The molecule has 1 aliphatic rings. The standard InChI is InChI=1S/C14H19F3N2S/c1-13(12-5-3-2-4-6-12)11-18-7-8-19(13)9-10-20-14(15,16)17/h2-6,18H,7-11H2,1H3. The van der Waals surface area contributed by atoms with Gasteiger partial charge >= 0.3 is 5.51 Å². The van der Waals surface area contributed by atoms with Crippen LogP contribution in [0.15, 0.2) is 30.3 Å². The molecule has 2 rings (SSSR count). The number of rotatable bonds is 4. The number of alkyl halides is 3. The Labute approximate surface area is 121 Å². The van der Waals surface area contributed by atoms with Crippen molar-refractivity contribution in [3.05, 3.63) is 35.9 Å². The van der Waals surface area contributed by atoms with Crippen LogP contribution in [0.5, 0.6) is 0 Å². The maximum atomic E-state index is 12.3. The lowest BCUT2D eigenvalue weighted by Crippen LogP contribution is -2.58. The number of hydrogen-bond acceptors (Lipinski definition) is 3. The fourth-order valence-corrected chi connectivity index (χ4v) is 3.16. The zero-order chi connectivity index (χ0) is 14.6. The third-order valence-electron chi connectivity index (χ3n) is 3.75. The Hall–Kier alpha value is -0.720. The molecule has 0 bridgehead atoms. The third kappa shape index (κ3) is 3.90. The molecule has 0 saturated carbocycles. The van der Waals surface area contributed by atoms with E-state index in [0.717, 1.165) is 25.2 Å². The molecular weight excluding hydrogens is 285 g/mol. The fourth-order valence-electron chi connectivity index (χ4n) is 2.62. The van der Waals surface area contributed by atoms with Crippen LogP contribution in [0, 0.1) is 0 Å². The molecule has 0 radical (unpaired) electrons. The van der Waals surface area contributed by atoms with Crippen molar-refractivity contribution < 1.29 is 13.2 Å². The van der Waals surface area contributed by atoms with Crippen molar-refractivity contribution in [2.45, 2.75) is 18.0 Å². The summed E-state index contributed by atoms with van der Waals surface area (Å²) < 4.78 is 36.8. The van der Waals surface area contributed by atoms with Gasteiger partial charge in [0.25, 0.3) is 0 Å². The van der Waals surface area contributed by atoms with E-state index < -0.39 is 5.51 Å². The lowest BCUT2D eigenvalue weighted by atomic mass is 9.88. The van der Waals surface area contributed by atoms with E-state index in [-0.39, 0.29) is 23.1 Å². The Morgan fingerprint density at radius 2 is 2.00 bits per heavy atom. The second-order valence-electron chi connectivity index (χ2n) is 5.10. The summed E-state index contributed by atoms with van der Waals surface area (Å²) in [5.74, 6) is 0.0753. The van der Waals surface area contributed by atoms with Crippen LogP contribution in [0.4, 0.5) is 13.2 Å². The van der Waals surface area contributed by atoms with Crippen molar-refractivity contribution in [2.75, 3.05) is 31.9 Å². The summed E-state index contributed by atoms with van der Waals surface area (Å²) in [5, 5.41) is 3.34. The number of thioether (sulfide) groups is 1. The minimum absolute atomic E-state index is 0.0611. The molecule has 20 heavy (non-hydrogen) atoms. The van der Waals surface area contributed by atoms with E-state index in [1.54, 1.807) is 0 Å². The Balaban J connectivity index is 2.05. The predicted molar refractivity (Wildman–Crippen MR) is 76.7 cm³/mol. The summed E-state index contributed by atoms with van der Waals surface area (Å²) in [6.07, 6.45) is 0. The van der Waals surface area contributed by atoms with E-state index >= 15 is 0 Å². The Kier molecular flexibility index (Phi) is 4.99. The molecule has 0 spiro atoms. The number of piperazine rings is 1. The van der Waals surface area contributed by atoms with Crippen LogP contribution >= 0.6 is 11.8 Å². The van der Waals surface area contributed by atoms with Crippen molar-refractivity contribution >= 4 is 11.8 Å². The van der Waals surface area contributed by atoms with Crippen molar-refractivity contribution in [3.63, 3.8) is 0 Å². The van der Waals surface area contributed by atoms with Gasteiger partial charge in [0.05, 0.1) is 5.54 Å². The number of nitrogens with zero attached hydrogens (tertiary/aromatic N) is 1. The van der Waals surface area contributed by atoms with Crippen molar-refractivity contribution in [1.82, 2.24) is 10.2 Å². The van der Waals surface area contributed by atoms with E-state index in [9.17, 15) is 13.2 Å². The Morgan fingerprint density at radius 3 is 2.65 bits per heavy atom. The van der Waals surface area contributed by atoms with Gasteiger partial charge in [-0.2, -0.15) is 13.2 Å². The average molecular weight is 304 g/mol. The van der Waals surface area contributed by atoms with Gasteiger partial charge in [0.15, 0.2) is 0 Å². The van der Waals surface area contributed by atoms with E-state index in [1.807, 2.05) is 30.3 Å². The van der Waals surface area contributed by atoms with Crippen LogP contribution in [-0.2, 0) is 5.54 Å². The minimum Gasteiger partial charge on any atom is -0.313 e. The Morgan fingerprint density at radius 1 is 1.30 bits per heavy atom. The molecule has 1 aliphatic heterocycles. The van der Waals surface area contributed by atoms with Gasteiger partial charge in [-0.15, -0.1) is 0 Å². The van der Waals surface area contributed by atoms with Gasteiger partial charge in [-0.25, -0.2) is 0 Å². The van der Waals surface area contributed by atoms with E-state index in [1.165, 1.54) is 0 Å². The highest BCUT2D eigenvalue weighted by Crippen LogP contribution is 2.33. The first-order valence-corrected chi connectivity index (χ1v) is 7.62. The van der Waals surface area contributed by atoms with Crippen LogP contribution in [0.1, 0.15) is 12.5 Å². The lowest BCUT2D eigenvalue weighted by Gasteiger charge is -2.45. The second kappa shape index (κ2) is 6.37. The predicted octanol–water partition coefficient (Wildman–Crippen LogP) is 3.06. The highest BCUT2D eigenvalue weighted by Gasteiger charge is 2.36. The number of halogens is 3. The summed E-state index contributed by atoms with van der Waals surface area (Å²) in [5.41, 5.74) is -3.24. The molecule has 1 fully saturated rings. The first-order valence-electron chi connectivity index (χ1n) is 6.64. The number of benzene rings is 1. The summed E-state index contributed by atoms with van der Waals surface area (Å²) in [4.78, 5) is 2.15. The fraction of sp³-hybridized carbons (Fsp3) is 0.571. The molecule has 1 N–H and O–H groups in total.